The van der Waals surface area contributed by atoms with E-state index in [0.717, 1.165) is 83.4 Å². The highest BCUT2D eigenvalue weighted by atomic mass is 16.3. The largest absolute Gasteiger partial charge is 0.456 e. The number of nitrogens with zero attached hydrogens (tertiary/aromatic N) is 2. The lowest BCUT2D eigenvalue weighted by molar-refractivity contribution is 0.669. The van der Waals surface area contributed by atoms with E-state index in [0.29, 0.717) is 5.82 Å². The van der Waals surface area contributed by atoms with E-state index in [9.17, 15) is 0 Å². The number of hydrogen-bond donors (Lipinski definition) is 0. The second-order valence-corrected chi connectivity index (χ2v) is 12.2. The van der Waals surface area contributed by atoms with Crippen LogP contribution in [0.4, 0.5) is 0 Å². The minimum Gasteiger partial charge on any atom is -0.456 e. The first-order valence-corrected chi connectivity index (χ1v) is 16.5. The van der Waals surface area contributed by atoms with Gasteiger partial charge in [-0.15, -0.1) is 0 Å². The maximum absolute atomic E-state index is 6.30. The highest BCUT2D eigenvalue weighted by Crippen LogP contribution is 2.38. The molecule has 0 bridgehead atoms. The first kappa shape index (κ1) is 28.6. The Bertz CT molecular complexity index is 2590. The standard InChI is InChI=1S/C46H30N2O/c1-4-14-31(15-5-1)35-26-36(34-24-25-40-39-21-12-13-23-44(39)49-45(40)29-34)28-37(27-35)43-30-42(33-18-8-3-9-19-33)47-46(48-43)41-22-11-10-20-38(41)32-16-6-2-7-17-32/h1-30H. The van der Waals surface area contributed by atoms with Crippen molar-refractivity contribution in [2.45, 2.75) is 0 Å². The number of furan rings is 1. The van der Waals surface area contributed by atoms with Gasteiger partial charge in [0.25, 0.3) is 0 Å². The average molecular weight is 627 g/mol. The molecule has 0 aliphatic rings. The lowest BCUT2D eigenvalue weighted by atomic mass is 9.94. The Morgan fingerprint density at radius 3 is 1.57 bits per heavy atom. The Balaban J connectivity index is 1.26. The van der Waals surface area contributed by atoms with Crippen molar-refractivity contribution in [3.05, 3.63) is 182 Å². The zero-order valence-electron chi connectivity index (χ0n) is 26.6. The molecule has 0 amide bonds. The maximum atomic E-state index is 6.30. The molecule has 0 saturated heterocycles. The molecule has 2 heterocycles. The molecule has 0 aliphatic heterocycles. The molecule has 0 unspecified atom stereocenters. The SMILES string of the molecule is c1ccc(-c2cc(-c3ccc4c(c3)oc3ccccc34)cc(-c3cc(-c4ccccc4)nc(-c4ccccc4-c4ccccc4)n3)c2)cc1. The Labute approximate surface area is 284 Å². The second-order valence-electron chi connectivity index (χ2n) is 12.2. The van der Waals surface area contributed by atoms with E-state index in [-0.39, 0.29) is 0 Å². The number of hydrogen-bond acceptors (Lipinski definition) is 3. The normalized spacial score (nSPS) is 11.3. The van der Waals surface area contributed by atoms with Gasteiger partial charge in [-0.05, 0) is 75.8 Å². The van der Waals surface area contributed by atoms with Crippen molar-refractivity contribution < 1.29 is 4.42 Å². The van der Waals surface area contributed by atoms with Crippen LogP contribution >= 0.6 is 0 Å². The van der Waals surface area contributed by atoms with E-state index in [1.807, 2.05) is 24.3 Å². The predicted molar refractivity (Wildman–Crippen MR) is 202 cm³/mol. The van der Waals surface area contributed by atoms with Gasteiger partial charge in [-0.25, -0.2) is 9.97 Å². The van der Waals surface area contributed by atoms with Crippen molar-refractivity contribution in [1.82, 2.24) is 9.97 Å². The third kappa shape index (κ3) is 5.48. The second kappa shape index (κ2) is 12.2. The van der Waals surface area contributed by atoms with Crippen molar-refractivity contribution >= 4 is 21.9 Å². The van der Waals surface area contributed by atoms with Crippen LogP contribution in [0.1, 0.15) is 0 Å². The summed E-state index contributed by atoms with van der Waals surface area (Å²) in [6.45, 7) is 0. The van der Waals surface area contributed by atoms with Gasteiger partial charge in [0.15, 0.2) is 5.82 Å². The smallest absolute Gasteiger partial charge is 0.161 e. The Morgan fingerprint density at radius 2 is 0.837 bits per heavy atom. The van der Waals surface area contributed by atoms with Crippen LogP contribution in [0, 0.1) is 0 Å². The molecule has 49 heavy (non-hydrogen) atoms. The van der Waals surface area contributed by atoms with E-state index in [1.54, 1.807) is 0 Å². The van der Waals surface area contributed by atoms with Gasteiger partial charge in [0.05, 0.1) is 11.4 Å². The molecule has 0 N–H and O–H groups in total. The van der Waals surface area contributed by atoms with Gasteiger partial charge in [0.1, 0.15) is 11.2 Å². The summed E-state index contributed by atoms with van der Waals surface area (Å²) >= 11 is 0. The van der Waals surface area contributed by atoms with Gasteiger partial charge in [-0.2, -0.15) is 0 Å². The van der Waals surface area contributed by atoms with E-state index in [4.69, 9.17) is 14.4 Å². The summed E-state index contributed by atoms with van der Waals surface area (Å²) in [5, 5.41) is 2.24. The molecular weight excluding hydrogens is 597 g/mol. The van der Waals surface area contributed by atoms with Crippen LogP contribution in [-0.2, 0) is 0 Å². The number of para-hydroxylation sites is 1. The van der Waals surface area contributed by atoms with Crippen molar-refractivity contribution in [1.29, 1.82) is 0 Å². The molecule has 2 aromatic heterocycles. The number of fused-ring (bicyclic) bond motifs is 3. The molecule has 0 spiro atoms. The summed E-state index contributed by atoms with van der Waals surface area (Å²) in [5.74, 6) is 0.686. The third-order valence-corrected chi connectivity index (χ3v) is 9.10. The van der Waals surface area contributed by atoms with Crippen LogP contribution in [0.15, 0.2) is 186 Å². The summed E-state index contributed by atoms with van der Waals surface area (Å²) in [5.41, 5.74) is 13.2. The zero-order chi connectivity index (χ0) is 32.6. The minimum atomic E-state index is 0.686. The number of rotatable bonds is 6. The fourth-order valence-corrected chi connectivity index (χ4v) is 6.66. The summed E-state index contributed by atoms with van der Waals surface area (Å²) in [6, 6.07) is 63.3. The zero-order valence-corrected chi connectivity index (χ0v) is 26.6. The van der Waals surface area contributed by atoms with Gasteiger partial charge in [-0.1, -0.05) is 140 Å². The van der Waals surface area contributed by atoms with E-state index < -0.39 is 0 Å². The Hall–Kier alpha value is -6.58. The van der Waals surface area contributed by atoms with Crippen molar-refractivity contribution in [3.63, 3.8) is 0 Å². The van der Waals surface area contributed by atoms with Gasteiger partial charge in [0.2, 0.25) is 0 Å². The highest BCUT2D eigenvalue weighted by Gasteiger charge is 2.16. The van der Waals surface area contributed by atoms with Gasteiger partial charge >= 0.3 is 0 Å². The van der Waals surface area contributed by atoms with Crippen molar-refractivity contribution in [3.8, 4) is 67.3 Å². The fraction of sp³-hybridized carbons (Fsp3) is 0. The van der Waals surface area contributed by atoms with Crippen LogP contribution in [0.2, 0.25) is 0 Å². The first-order valence-electron chi connectivity index (χ1n) is 16.5. The molecule has 3 heteroatoms. The highest BCUT2D eigenvalue weighted by molar-refractivity contribution is 6.06. The Kier molecular flexibility index (Phi) is 7.14. The van der Waals surface area contributed by atoms with Gasteiger partial charge < -0.3 is 4.42 Å². The molecular formula is C46H30N2O. The maximum Gasteiger partial charge on any atom is 0.161 e. The van der Waals surface area contributed by atoms with Gasteiger partial charge in [-0.3, -0.25) is 0 Å². The average Bonchev–Trinajstić information content (AvgIpc) is 3.56. The number of benzene rings is 7. The molecule has 0 fully saturated rings. The summed E-state index contributed by atoms with van der Waals surface area (Å²) in [4.78, 5) is 10.5. The van der Waals surface area contributed by atoms with Crippen molar-refractivity contribution in [2.24, 2.45) is 0 Å². The van der Waals surface area contributed by atoms with E-state index in [2.05, 4.69) is 158 Å². The van der Waals surface area contributed by atoms with Crippen LogP contribution in [0.3, 0.4) is 0 Å². The summed E-state index contributed by atoms with van der Waals surface area (Å²) in [6.07, 6.45) is 0. The monoisotopic (exact) mass is 626 g/mol. The van der Waals surface area contributed by atoms with E-state index >= 15 is 0 Å². The topological polar surface area (TPSA) is 38.9 Å². The van der Waals surface area contributed by atoms with Crippen LogP contribution in [-0.4, -0.2) is 9.97 Å². The molecule has 9 rings (SSSR count). The molecule has 0 aliphatic carbocycles. The van der Waals surface area contributed by atoms with E-state index in [1.165, 1.54) is 0 Å². The molecule has 0 radical (unpaired) electrons. The molecule has 0 atom stereocenters. The minimum absolute atomic E-state index is 0.686. The summed E-state index contributed by atoms with van der Waals surface area (Å²) < 4.78 is 6.30. The molecule has 9 aromatic rings. The summed E-state index contributed by atoms with van der Waals surface area (Å²) in [7, 11) is 0. The fourth-order valence-electron chi connectivity index (χ4n) is 6.66. The lowest BCUT2D eigenvalue weighted by Gasteiger charge is -2.14. The Morgan fingerprint density at radius 1 is 0.306 bits per heavy atom. The molecule has 0 saturated carbocycles. The third-order valence-electron chi connectivity index (χ3n) is 9.10. The first-order chi connectivity index (χ1) is 24.3. The molecule has 7 aromatic carbocycles. The van der Waals surface area contributed by atoms with Gasteiger partial charge in [0, 0.05) is 27.5 Å². The van der Waals surface area contributed by atoms with Crippen LogP contribution < -0.4 is 0 Å². The predicted octanol–water partition coefficient (Wildman–Crippen LogP) is 12.4. The van der Waals surface area contributed by atoms with Crippen molar-refractivity contribution in [2.75, 3.05) is 0 Å². The molecule has 230 valence electrons. The van der Waals surface area contributed by atoms with Crippen LogP contribution in [0.5, 0.6) is 0 Å². The van der Waals surface area contributed by atoms with Crippen LogP contribution in [0.25, 0.3) is 89.2 Å². The molecule has 3 nitrogen and oxygen atoms in total. The lowest BCUT2D eigenvalue weighted by Crippen LogP contribution is -1.98. The number of aromatic nitrogens is 2. The quantitative estimate of drug-likeness (QED) is 0.184.